The number of ether oxygens (including phenoxy) is 2. The van der Waals surface area contributed by atoms with E-state index in [4.69, 9.17) is 20.9 Å². The summed E-state index contributed by atoms with van der Waals surface area (Å²) in [6, 6.07) is 29.4. The van der Waals surface area contributed by atoms with Gasteiger partial charge in [-0.3, -0.25) is 0 Å². The summed E-state index contributed by atoms with van der Waals surface area (Å²) in [4.78, 5) is 0. The van der Waals surface area contributed by atoms with Gasteiger partial charge in [0, 0.05) is 16.8 Å². The Morgan fingerprint density at radius 3 is 1.23 bits per heavy atom. The summed E-state index contributed by atoms with van der Waals surface area (Å²) < 4.78 is 12.8. The van der Waals surface area contributed by atoms with Crippen LogP contribution in [0.25, 0.3) is 0 Å². The van der Waals surface area contributed by atoms with E-state index in [0.29, 0.717) is 11.8 Å². The Morgan fingerprint density at radius 1 is 0.465 bits per heavy atom. The van der Waals surface area contributed by atoms with E-state index in [1.165, 1.54) is 99.3 Å². The molecule has 0 unspecified atom stereocenters. The molecule has 3 aliphatic rings. The molecule has 4 nitrogen and oxygen atoms in total. The maximum absolute atomic E-state index is 6.39. The third-order valence-corrected chi connectivity index (χ3v) is 10.4. The minimum Gasteiger partial charge on any atom is -0.457 e. The van der Waals surface area contributed by atoms with Crippen LogP contribution in [-0.4, -0.2) is 0 Å². The van der Waals surface area contributed by atoms with Crippen molar-refractivity contribution in [2.24, 2.45) is 0 Å². The molecule has 0 saturated heterocycles. The van der Waals surface area contributed by atoms with Crippen LogP contribution in [0.4, 0.5) is 11.4 Å². The summed E-state index contributed by atoms with van der Waals surface area (Å²) >= 11 is 0. The molecule has 3 saturated carbocycles. The van der Waals surface area contributed by atoms with Gasteiger partial charge in [-0.2, -0.15) is 0 Å². The average Bonchev–Trinajstić information content (AvgIpc) is 3.84. The number of nitrogens with two attached hydrogens (primary N) is 2. The highest BCUT2D eigenvalue weighted by Crippen LogP contribution is 2.54. The molecule has 4 heteroatoms. The van der Waals surface area contributed by atoms with Crippen molar-refractivity contribution in [3.8, 4) is 23.0 Å². The molecule has 0 amide bonds. The van der Waals surface area contributed by atoms with Crippen molar-refractivity contribution in [2.75, 3.05) is 11.5 Å². The first-order chi connectivity index (χ1) is 21.1. The number of rotatable bonds is 8. The maximum Gasteiger partial charge on any atom is 0.127 e. The lowest BCUT2D eigenvalue weighted by Crippen LogP contribution is -2.28. The summed E-state index contributed by atoms with van der Waals surface area (Å²) in [7, 11) is 0. The quantitative estimate of drug-likeness (QED) is 0.206. The largest absolute Gasteiger partial charge is 0.457 e. The molecule has 3 aliphatic carbocycles. The van der Waals surface area contributed by atoms with Crippen LogP contribution in [0, 0.1) is 0 Å². The summed E-state index contributed by atoms with van der Waals surface area (Å²) in [6.45, 7) is 0. The summed E-state index contributed by atoms with van der Waals surface area (Å²) in [5, 5.41) is 0. The first kappa shape index (κ1) is 27.9. The lowest BCUT2D eigenvalue weighted by Gasteiger charge is -2.37. The molecule has 222 valence electrons. The topological polar surface area (TPSA) is 70.5 Å². The highest BCUT2D eigenvalue weighted by molar-refractivity contribution is 5.55. The second kappa shape index (κ2) is 12.0. The number of hydrogen-bond acceptors (Lipinski definition) is 4. The molecular weight excluding hydrogens is 528 g/mol. The van der Waals surface area contributed by atoms with Crippen LogP contribution in [-0.2, 0) is 5.41 Å². The van der Waals surface area contributed by atoms with Crippen LogP contribution >= 0.6 is 0 Å². The highest BCUT2D eigenvalue weighted by Gasteiger charge is 2.42. The summed E-state index contributed by atoms with van der Waals surface area (Å²) in [5.41, 5.74) is 19.5. The zero-order chi connectivity index (χ0) is 29.2. The molecule has 4 aromatic rings. The maximum atomic E-state index is 6.39. The fourth-order valence-electron chi connectivity index (χ4n) is 8.24. The van der Waals surface area contributed by atoms with E-state index < -0.39 is 0 Å². The number of hydrogen-bond donors (Lipinski definition) is 2. The molecule has 43 heavy (non-hydrogen) atoms. The van der Waals surface area contributed by atoms with Crippen molar-refractivity contribution in [3.63, 3.8) is 0 Å². The molecule has 3 fully saturated rings. The van der Waals surface area contributed by atoms with Gasteiger partial charge in [-0.15, -0.1) is 0 Å². The van der Waals surface area contributed by atoms with Crippen LogP contribution in [0.5, 0.6) is 23.0 Å². The third-order valence-electron chi connectivity index (χ3n) is 10.4. The Morgan fingerprint density at radius 2 is 0.837 bits per heavy atom. The van der Waals surface area contributed by atoms with Crippen molar-refractivity contribution in [3.05, 3.63) is 107 Å². The molecule has 0 bridgehead atoms. The Balaban J connectivity index is 1.31. The van der Waals surface area contributed by atoms with E-state index >= 15 is 0 Å². The fraction of sp³-hybridized carbons (Fsp3) is 0.385. The molecule has 0 aromatic heterocycles. The zero-order valence-corrected chi connectivity index (χ0v) is 25.2. The SMILES string of the molecule is Nc1ccc(Oc2ccc(C3(c4ccc(Oc5ccc(N)cc5)cc4C4CCCC4)CCCC3)c(C3CCCC3)c2)cc1. The van der Waals surface area contributed by atoms with Gasteiger partial charge >= 0.3 is 0 Å². The van der Waals surface area contributed by atoms with Crippen molar-refractivity contribution in [1.82, 2.24) is 0 Å². The van der Waals surface area contributed by atoms with Gasteiger partial charge in [0.15, 0.2) is 0 Å². The van der Waals surface area contributed by atoms with E-state index in [1.54, 1.807) is 0 Å². The monoisotopic (exact) mass is 572 g/mol. The summed E-state index contributed by atoms with van der Waals surface area (Å²) in [5.74, 6) is 4.68. The summed E-state index contributed by atoms with van der Waals surface area (Å²) in [6.07, 6.45) is 15.2. The van der Waals surface area contributed by atoms with Crippen molar-refractivity contribution in [2.45, 2.75) is 94.3 Å². The molecular formula is C39H44N2O2. The second-order valence-electron chi connectivity index (χ2n) is 13.1. The lowest BCUT2D eigenvalue weighted by atomic mass is 9.67. The molecule has 0 spiro atoms. The van der Waals surface area contributed by atoms with Crippen LogP contribution in [0.1, 0.15) is 111 Å². The Labute approximate surface area is 256 Å². The van der Waals surface area contributed by atoms with E-state index in [-0.39, 0.29) is 5.41 Å². The van der Waals surface area contributed by atoms with E-state index in [1.807, 2.05) is 48.5 Å². The Bertz CT molecular complexity index is 1430. The predicted molar refractivity (Wildman–Crippen MR) is 176 cm³/mol. The van der Waals surface area contributed by atoms with Crippen LogP contribution in [0.3, 0.4) is 0 Å². The molecule has 0 heterocycles. The molecule has 7 rings (SSSR count). The van der Waals surface area contributed by atoms with Crippen LogP contribution in [0.15, 0.2) is 84.9 Å². The molecule has 4 N–H and O–H groups in total. The van der Waals surface area contributed by atoms with Crippen LogP contribution < -0.4 is 20.9 Å². The Kier molecular flexibility index (Phi) is 7.78. The van der Waals surface area contributed by atoms with Crippen molar-refractivity contribution in [1.29, 1.82) is 0 Å². The minimum absolute atomic E-state index is 0.0231. The van der Waals surface area contributed by atoms with Gasteiger partial charge < -0.3 is 20.9 Å². The van der Waals surface area contributed by atoms with Gasteiger partial charge in [0.2, 0.25) is 0 Å². The van der Waals surface area contributed by atoms with Gasteiger partial charge in [0.1, 0.15) is 23.0 Å². The van der Waals surface area contributed by atoms with Gasteiger partial charge in [0.25, 0.3) is 0 Å². The smallest absolute Gasteiger partial charge is 0.127 e. The third kappa shape index (κ3) is 5.72. The molecule has 0 aliphatic heterocycles. The standard InChI is InChI=1S/C39H44N2O2/c40-29-11-15-31(16-12-29)42-33-19-21-37(35(25-33)27-7-1-2-8-27)39(23-5-6-24-39)38-22-20-34(26-36(38)28-9-3-4-10-28)43-32-17-13-30(41)14-18-32/h11-22,25-28H,1-10,23-24,40-41H2. The van der Waals surface area contributed by atoms with Gasteiger partial charge in [0.05, 0.1) is 0 Å². The molecule has 0 radical (unpaired) electrons. The Hall–Kier alpha value is -3.92. The first-order valence-electron chi connectivity index (χ1n) is 16.4. The first-order valence-corrected chi connectivity index (χ1v) is 16.4. The highest BCUT2D eigenvalue weighted by atomic mass is 16.5. The van der Waals surface area contributed by atoms with E-state index in [9.17, 15) is 0 Å². The lowest BCUT2D eigenvalue weighted by molar-refractivity contribution is 0.471. The second-order valence-corrected chi connectivity index (χ2v) is 13.1. The number of anilines is 2. The molecule has 0 atom stereocenters. The average molecular weight is 573 g/mol. The van der Waals surface area contributed by atoms with Crippen molar-refractivity contribution < 1.29 is 9.47 Å². The van der Waals surface area contributed by atoms with Gasteiger partial charge in [-0.25, -0.2) is 0 Å². The van der Waals surface area contributed by atoms with Gasteiger partial charge in [-0.1, -0.05) is 50.7 Å². The molecule has 4 aromatic carbocycles. The minimum atomic E-state index is 0.0231. The van der Waals surface area contributed by atoms with Crippen LogP contribution in [0.2, 0.25) is 0 Å². The van der Waals surface area contributed by atoms with E-state index in [2.05, 4.69) is 36.4 Å². The fourth-order valence-corrected chi connectivity index (χ4v) is 8.24. The number of benzene rings is 4. The normalized spacial score (nSPS) is 18.7. The van der Waals surface area contributed by atoms with E-state index in [0.717, 1.165) is 34.4 Å². The zero-order valence-electron chi connectivity index (χ0n) is 25.2. The van der Waals surface area contributed by atoms with Crippen molar-refractivity contribution >= 4 is 11.4 Å². The predicted octanol–water partition coefficient (Wildman–Crippen LogP) is 10.6. The van der Waals surface area contributed by atoms with Gasteiger partial charge in [-0.05, 0) is 145 Å². The number of nitrogen functional groups attached to an aromatic ring is 2.